The molecule has 0 saturated carbocycles. The molecule has 106 valence electrons. The van der Waals surface area contributed by atoms with E-state index in [2.05, 4.69) is 24.1 Å². The lowest BCUT2D eigenvalue weighted by Crippen LogP contribution is -2.42. The van der Waals surface area contributed by atoms with Crippen LogP contribution < -0.4 is 11.1 Å². The summed E-state index contributed by atoms with van der Waals surface area (Å²) >= 11 is 0. The van der Waals surface area contributed by atoms with E-state index >= 15 is 0 Å². The number of hydrogen-bond donors (Lipinski definition) is 2. The molecule has 4 heteroatoms. The molecule has 0 heterocycles. The number of nitrogen functional groups attached to an aromatic ring is 1. The van der Waals surface area contributed by atoms with Gasteiger partial charge in [0.2, 0.25) is 5.91 Å². The second-order valence-electron chi connectivity index (χ2n) is 4.87. The van der Waals surface area contributed by atoms with Crippen LogP contribution in [0.2, 0.25) is 0 Å². The first kappa shape index (κ1) is 15.5. The maximum atomic E-state index is 11.9. The van der Waals surface area contributed by atoms with Gasteiger partial charge in [-0.25, -0.2) is 0 Å². The highest BCUT2D eigenvalue weighted by atomic mass is 16.1. The quantitative estimate of drug-likeness (QED) is 0.736. The Morgan fingerprint density at radius 3 is 2.37 bits per heavy atom. The lowest BCUT2D eigenvalue weighted by atomic mass is 10.1. The number of nitrogens with one attached hydrogen (secondary N) is 1. The van der Waals surface area contributed by atoms with E-state index in [0.29, 0.717) is 6.42 Å². The van der Waals surface area contributed by atoms with E-state index in [1.807, 2.05) is 31.2 Å². The van der Waals surface area contributed by atoms with Crippen molar-refractivity contribution in [1.29, 1.82) is 0 Å². The molecular formula is C15H25N3O. The summed E-state index contributed by atoms with van der Waals surface area (Å²) in [5.74, 6) is 0.0597. The van der Waals surface area contributed by atoms with Gasteiger partial charge in [0.1, 0.15) is 0 Å². The van der Waals surface area contributed by atoms with Gasteiger partial charge in [-0.2, -0.15) is 0 Å². The third-order valence-electron chi connectivity index (χ3n) is 3.18. The summed E-state index contributed by atoms with van der Waals surface area (Å²) in [6.07, 6.45) is 0.406. The number of nitrogens with zero attached hydrogens (tertiary/aromatic N) is 1. The van der Waals surface area contributed by atoms with E-state index < -0.39 is 0 Å². The Kier molecular flexibility index (Phi) is 6.36. The second kappa shape index (κ2) is 7.79. The molecule has 1 aromatic carbocycles. The Bertz CT molecular complexity index is 385. The molecule has 0 bridgehead atoms. The topological polar surface area (TPSA) is 58.4 Å². The zero-order valence-corrected chi connectivity index (χ0v) is 12.1. The smallest absolute Gasteiger partial charge is 0.224 e. The van der Waals surface area contributed by atoms with E-state index in [-0.39, 0.29) is 11.9 Å². The van der Waals surface area contributed by atoms with Crippen LogP contribution >= 0.6 is 0 Å². The van der Waals surface area contributed by atoms with Crippen molar-refractivity contribution in [2.24, 2.45) is 0 Å². The minimum Gasteiger partial charge on any atom is -0.399 e. The SMILES string of the molecule is CCN(CC)CC(C)NC(=O)Cc1ccc(N)cc1. The van der Waals surface area contributed by atoms with Gasteiger partial charge in [-0.05, 0) is 37.7 Å². The molecule has 19 heavy (non-hydrogen) atoms. The van der Waals surface area contributed by atoms with Crippen molar-refractivity contribution < 1.29 is 4.79 Å². The number of likely N-dealkylation sites (N-methyl/N-ethyl adjacent to an activating group) is 1. The number of carbonyl (C=O) groups is 1. The molecule has 1 unspecified atom stereocenters. The van der Waals surface area contributed by atoms with Crippen LogP contribution in [0, 0.1) is 0 Å². The van der Waals surface area contributed by atoms with Crippen LogP contribution in [-0.4, -0.2) is 36.5 Å². The van der Waals surface area contributed by atoms with Gasteiger partial charge in [-0.3, -0.25) is 4.79 Å². The van der Waals surface area contributed by atoms with Gasteiger partial charge in [-0.1, -0.05) is 26.0 Å². The fourth-order valence-electron chi connectivity index (χ4n) is 2.06. The second-order valence-corrected chi connectivity index (χ2v) is 4.87. The maximum absolute atomic E-state index is 11.9. The molecule has 0 aromatic heterocycles. The van der Waals surface area contributed by atoms with Gasteiger partial charge >= 0.3 is 0 Å². The van der Waals surface area contributed by atoms with Crippen LogP contribution in [0.15, 0.2) is 24.3 Å². The molecule has 1 rings (SSSR count). The molecule has 0 aliphatic carbocycles. The van der Waals surface area contributed by atoms with Crippen molar-refractivity contribution >= 4 is 11.6 Å². The number of hydrogen-bond acceptors (Lipinski definition) is 3. The zero-order valence-electron chi connectivity index (χ0n) is 12.1. The first-order valence-corrected chi connectivity index (χ1v) is 6.91. The van der Waals surface area contributed by atoms with Crippen molar-refractivity contribution in [3.63, 3.8) is 0 Å². The molecular weight excluding hydrogens is 238 g/mol. The molecule has 4 nitrogen and oxygen atoms in total. The van der Waals surface area contributed by atoms with Crippen LogP contribution in [0.5, 0.6) is 0 Å². The first-order valence-electron chi connectivity index (χ1n) is 6.91. The minimum absolute atomic E-state index is 0.0597. The largest absolute Gasteiger partial charge is 0.399 e. The molecule has 1 aromatic rings. The summed E-state index contributed by atoms with van der Waals surface area (Å²) in [5, 5.41) is 3.03. The Balaban J connectivity index is 2.40. The van der Waals surface area contributed by atoms with E-state index in [9.17, 15) is 4.79 Å². The highest BCUT2D eigenvalue weighted by molar-refractivity contribution is 5.78. The molecule has 0 fully saturated rings. The maximum Gasteiger partial charge on any atom is 0.224 e. The minimum atomic E-state index is 0.0597. The van der Waals surface area contributed by atoms with Gasteiger partial charge in [0.15, 0.2) is 0 Å². The summed E-state index contributed by atoms with van der Waals surface area (Å²) < 4.78 is 0. The number of carbonyl (C=O) groups excluding carboxylic acids is 1. The van der Waals surface area contributed by atoms with Crippen LogP contribution in [0.1, 0.15) is 26.3 Å². The Hall–Kier alpha value is -1.55. The standard InChI is InChI=1S/C15H25N3O/c1-4-18(5-2)11-12(3)17-15(19)10-13-6-8-14(16)9-7-13/h6-9,12H,4-5,10-11,16H2,1-3H3,(H,17,19). The van der Waals surface area contributed by atoms with Gasteiger partial charge < -0.3 is 16.0 Å². The third-order valence-corrected chi connectivity index (χ3v) is 3.18. The van der Waals surface area contributed by atoms with Crippen molar-refractivity contribution in [1.82, 2.24) is 10.2 Å². The lowest BCUT2D eigenvalue weighted by molar-refractivity contribution is -0.121. The predicted octanol–water partition coefficient (Wildman–Crippen LogP) is 1.66. The predicted molar refractivity (Wildman–Crippen MR) is 80.0 cm³/mol. The Labute approximate surface area is 116 Å². The average Bonchev–Trinajstić information content (AvgIpc) is 2.38. The molecule has 0 spiro atoms. The normalized spacial score (nSPS) is 12.4. The van der Waals surface area contributed by atoms with Crippen molar-refractivity contribution in [3.05, 3.63) is 29.8 Å². The summed E-state index contributed by atoms with van der Waals surface area (Å²) in [5.41, 5.74) is 7.33. The van der Waals surface area contributed by atoms with Crippen LogP contribution in [0.3, 0.4) is 0 Å². The third kappa shape index (κ3) is 5.75. The monoisotopic (exact) mass is 263 g/mol. The van der Waals surface area contributed by atoms with Crippen molar-refractivity contribution in [3.8, 4) is 0 Å². The van der Waals surface area contributed by atoms with Crippen molar-refractivity contribution in [2.45, 2.75) is 33.2 Å². The number of rotatable bonds is 7. The van der Waals surface area contributed by atoms with E-state index in [1.54, 1.807) is 0 Å². The molecule has 0 aliphatic heterocycles. The summed E-state index contributed by atoms with van der Waals surface area (Å²) in [4.78, 5) is 14.2. The van der Waals surface area contributed by atoms with Crippen LogP contribution in [-0.2, 0) is 11.2 Å². The van der Waals surface area contributed by atoms with Gasteiger partial charge in [0.05, 0.1) is 6.42 Å². The fraction of sp³-hybridized carbons (Fsp3) is 0.533. The summed E-state index contributed by atoms with van der Waals surface area (Å²) in [7, 11) is 0. The summed E-state index contributed by atoms with van der Waals surface area (Å²) in [6.45, 7) is 9.21. The van der Waals surface area contributed by atoms with Gasteiger partial charge in [0, 0.05) is 18.3 Å². The van der Waals surface area contributed by atoms with E-state index in [0.717, 1.165) is 30.9 Å². The van der Waals surface area contributed by atoms with Crippen LogP contribution in [0.4, 0.5) is 5.69 Å². The molecule has 0 aliphatic rings. The van der Waals surface area contributed by atoms with Crippen LogP contribution in [0.25, 0.3) is 0 Å². The number of benzene rings is 1. The van der Waals surface area contributed by atoms with Gasteiger partial charge in [0.25, 0.3) is 0 Å². The highest BCUT2D eigenvalue weighted by Crippen LogP contribution is 2.06. The fourth-order valence-corrected chi connectivity index (χ4v) is 2.06. The molecule has 1 atom stereocenters. The van der Waals surface area contributed by atoms with Crippen molar-refractivity contribution in [2.75, 3.05) is 25.4 Å². The lowest BCUT2D eigenvalue weighted by Gasteiger charge is -2.23. The molecule has 0 saturated heterocycles. The number of nitrogens with two attached hydrogens (primary N) is 1. The molecule has 3 N–H and O–H groups in total. The molecule has 1 amide bonds. The average molecular weight is 263 g/mol. The first-order chi connectivity index (χ1) is 9.05. The highest BCUT2D eigenvalue weighted by Gasteiger charge is 2.10. The Morgan fingerprint density at radius 2 is 1.84 bits per heavy atom. The summed E-state index contributed by atoms with van der Waals surface area (Å²) in [6, 6.07) is 7.60. The van der Waals surface area contributed by atoms with Gasteiger partial charge in [-0.15, -0.1) is 0 Å². The van der Waals surface area contributed by atoms with E-state index in [1.165, 1.54) is 0 Å². The van der Waals surface area contributed by atoms with E-state index in [4.69, 9.17) is 5.73 Å². The Morgan fingerprint density at radius 1 is 1.26 bits per heavy atom. The number of anilines is 1. The molecule has 0 radical (unpaired) electrons. The number of amides is 1. The zero-order chi connectivity index (χ0) is 14.3.